The number of carbonyl (C=O) groups is 1. The normalized spacial score (nSPS) is 11.0. The van der Waals surface area contributed by atoms with Gasteiger partial charge in [-0.05, 0) is 50.1 Å². The first-order chi connectivity index (χ1) is 11.4. The third-order valence-electron chi connectivity index (χ3n) is 3.68. The number of urea groups is 1. The average molecular weight is 328 g/mol. The van der Waals surface area contributed by atoms with Gasteiger partial charge in [-0.25, -0.2) is 4.79 Å². The Kier molecular flexibility index (Phi) is 5.82. The molecule has 0 aliphatic rings. The predicted octanol–water partition coefficient (Wildman–Crippen LogP) is 3.47. The number of amides is 2. The number of anilines is 1. The first-order valence-electron chi connectivity index (χ1n) is 7.87. The number of aliphatic hydroxyl groups is 1. The molecule has 0 aliphatic heterocycles. The minimum atomic E-state index is -0.675. The Balaban J connectivity index is 2.03. The fourth-order valence-electron chi connectivity index (χ4n) is 2.15. The van der Waals surface area contributed by atoms with E-state index in [4.69, 9.17) is 4.74 Å². The van der Waals surface area contributed by atoms with Crippen LogP contribution in [0.25, 0.3) is 0 Å². The van der Waals surface area contributed by atoms with Gasteiger partial charge in [0.2, 0.25) is 0 Å². The second-order valence-corrected chi connectivity index (χ2v) is 6.31. The van der Waals surface area contributed by atoms with Crippen molar-refractivity contribution in [2.24, 2.45) is 0 Å². The van der Waals surface area contributed by atoms with Crippen molar-refractivity contribution in [3.8, 4) is 5.75 Å². The van der Waals surface area contributed by atoms with E-state index in [0.717, 1.165) is 22.6 Å². The van der Waals surface area contributed by atoms with Gasteiger partial charge in [0.05, 0.1) is 12.1 Å². The van der Waals surface area contributed by atoms with Crippen molar-refractivity contribution in [3.63, 3.8) is 0 Å². The van der Waals surface area contributed by atoms with Crippen molar-refractivity contribution in [2.75, 3.05) is 11.9 Å². The van der Waals surface area contributed by atoms with Gasteiger partial charge in [-0.2, -0.15) is 0 Å². The lowest BCUT2D eigenvalue weighted by atomic mass is 10.1. The maximum absolute atomic E-state index is 12.1. The second-order valence-electron chi connectivity index (χ2n) is 6.31. The van der Waals surface area contributed by atoms with E-state index in [1.54, 1.807) is 13.8 Å². The van der Waals surface area contributed by atoms with Crippen LogP contribution in [0.15, 0.2) is 48.5 Å². The lowest BCUT2D eigenvalue weighted by molar-refractivity contribution is 0.187. The zero-order valence-electron chi connectivity index (χ0n) is 14.3. The average Bonchev–Trinajstić information content (AvgIpc) is 2.56. The maximum atomic E-state index is 12.1. The van der Waals surface area contributed by atoms with Crippen LogP contribution in [-0.4, -0.2) is 23.3 Å². The molecule has 0 unspecified atom stereocenters. The Morgan fingerprint density at radius 2 is 1.83 bits per heavy atom. The molecule has 128 valence electrons. The molecule has 0 bridgehead atoms. The molecule has 2 rings (SSSR count). The summed E-state index contributed by atoms with van der Waals surface area (Å²) in [5.74, 6) is 0.803. The molecular formula is C19H24N2O3. The molecule has 3 N–H and O–H groups in total. The van der Waals surface area contributed by atoms with Crippen LogP contribution in [0.5, 0.6) is 5.75 Å². The number of nitrogens with one attached hydrogen (secondary N) is 2. The highest BCUT2D eigenvalue weighted by molar-refractivity contribution is 5.90. The summed E-state index contributed by atoms with van der Waals surface area (Å²) in [4.78, 5) is 12.1. The minimum Gasteiger partial charge on any atom is -0.489 e. The third-order valence-corrected chi connectivity index (χ3v) is 3.68. The Labute approximate surface area is 142 Å². The van der Waals surface area contributed by atoms with Gasteiger partial charge in [-0.15, -0.1) is 0 Å². The molecule has 0 saturated carbocycles. The van der Waals surface area contributed by atoms with Gasteiger partial charge in [-0.3, -0.25) is 0 Å². The van der Waals surface area contributed by atoms with E-state index < -0.39 is 5.54 Å². The molecule has 0 aromatic heterocycles. The maximum Gasteiger partial charge on any atom is 0.319 e. The second kappa shape index (κ2) is 7.84. The predicted molar refractivity (Wildman–Crippen MR) is 95.3 cm³/mol. The number of carbonyl (C=O) groups excluding carboxylic acids is 1. The fraction of sp³-hybridized carbons (Fsp3) is 0.316. The monoisotopic (exact) mass is 328 g/mol. The van der Waals surface area contributed by atoms with Gasteiger partial charge in [0.25, 0.3) is 0 Å². The highest BCUT2D eigenvalue weighted by Gasteiger charge is 2.19. The number of aliphatic hydroxyl groups excluding tert-OH is 1. The van der Waals surface area contributed by atoms with E-state index in [9.17, 15) is 9.90 Å². The van der Waals surface area contributed by atoms with Crippen molar-refractivity contribution in [3.05, 3.63) is 59.7 Å². The van der Waals surface area contributed by atoms with Crippen LogP contribution >= 0.6 is 0 Å². The van der Waals surface area contributed by atoms with Crippen LogP contribution < -0.4 is 15.4 Å². The van der Waals surface area contributed by atoms with E-state index in [1.165, 1.54) is 0 Å². The molecule has 24 heavy (non-hydrogen) atoms. The zero-order chi connectivity index (χ0) is 17.6. The molecule has 2 aromatic rings. The summed E-state index contributed by atoms with van der Waals surface area (Å²) < 4.78 is 5.77. The van der Waals surface area contributed by atoms with Crippen LogP contribution in [0.4, 0.5) is 10.5 Å². The number of para-hydroxylation sites is 1. The van der Waals surface area contributed by atoms with Crippen LogP contribution in [-0.2, 0) is 6.61 Å². The number of hydrogen-bond donors (Lipinski definition) is 3. The summed E-state index contributed by atoms with van der Waals surface area (Å²) in [5.41, 5.74) is 1.99. The highest BCUT2D eigenvalue weighted by atomic mass is 16.5. The number of rotatable bonds is 6. The SMILES string of the molecule is Cc1c(COc2ccccc2)cccc1NC(=O)NC(C)(C)CO. The first kappa shape index (κ1) is 17.8. The van der Waals surface area contributed by atoms with Crippen molar-refractivity contribution >= 4 is 11.7 Å². The van der Waals surface area contributed by atoms with Crippen molar-refractivity contribution in [1.29, 1.82) is 0 Å². The van der Waals surface area contributed by atoms with Crippen LogP contribution in [0.1, 0.15) is 25.0 Å². The molecule has 0 aliphatic carbocycles. The van der Waals surface area contributed by atoms with E-state index in [2.05, 4.69) is 10.6 Å². The highest BCUT2D eigenvalue weighted by Crippen LogP contribution is 2.21. The van der Waals surface area contributed by atoms with Gasteiger partial charge in [0.1, 0.15) is 12.4 Å². The zero-order valence-corrected chi connectivity index (χ0v) is 14.3. The summed E-state index contributed by atoms with van der Waals surface area (Å²) in [6.45, 7) is 5.74. The Morgan fingerprint density at radius 1 is 1.12 bits per heavy atom. The lowest BCUT2D eigenvalue weighted by Gasteiger charge is -2.24. The minimum absolute atomic E-state index is 0.135. The third kappa shape index (κ3) is 4.99. The Hall–Kier alpha value is -2.53. The van der Waals surface area contributed by atoms with E-state index in [-0.39, 0.29) is 12.6 Å². The van der Waals surface area contributed by atoms with Crippen molar-refractivity contribution < 1.29 is 14.6 Å². The van der Waals surface area contributed by atoms with Gasteiger partial charge in [0.15, 0.2) is 0 Å². The Morgan fingerprint density at radius 3 is 2.50 bits per heavy atom. The molecule has 0 radical (unpaired) electrons. The summed E-state index contributed by atoms with van der Waals surface area (Å²) in [6.07, 6.45) is 0. The molecule has 2 aromatic carbocycles. The molecule has 0 fully saturated rings. The topological polar surface area (TPSA) is 70.6 Å². The molecule has 0 heterocycles. The van der Waals surface area contributed by atoms with Crippen LogP contribution in [0, 0.1) is 6.92 Å². The summed E-state index contributed by atoms with van der Waals surface area (Å²) in [5, 5.41) is 14.8. The summed E-state index contributed by atoms with van der Waals surface area (Å²) in [6, 6.07) is 14.9. The van der Waals surface area contributed by atoms with E-state index in [0.29, 0.717) is 6.61 Å². The molecule has 0 atom stereocenters. The largest absolute Gasteiger partial charge is 0.489 e. The lowest BCUT2D eigenvalue weighted by Crippen LogP contribution is -2.48. The van der Waals surface area contributed by atoms with Gasteiger partial charge < -0.3 is 20.5 Å². The quantitative estimate of drug-likeness (QED) is 0.760. The first-order valence-corrected chi connectivity index (χ1v) is 7.87. The molecule has 0 spiro atoms. The summed E-state index contributed by atoms with van der Waals surface area (Å²) in [7, 11) is 0. The number of benzene rings is 2. The van der Waals surface area contributed by atoms with Gasteiger partial charge in [-0.1, -0.05) is 30.3 Å². The van der Waals surface area contributed by atoms with E-state index in [1.807, 2.05) is 55.5 Å². The van der Waals surface area contributed by atoms with Crippen LogP contribution in [0.3, 0.4) is 0 Å². The summed E-state index contributed by atoms with van der Waals surface area (Å²) >= 11 is 0. The smallest absolute Gasteiger partial charge is 0.319 e. The standard InChI is InChI=1S/C19H24N2O3/c1-14-15(12-24-16-9-5-4-6-10-16)8-7-11-17(14)20-18(23)21-19(2,3)13-22/h4-11,22H,12-13H2,1-3H3,(H2,20,21,23). The van der Waals surface area contributed by atoms with E-state index >= 15 is 0 Å². The molecule has 2 amide bonds. The van der Waals surface area contributed by atoms with Gasteiger partial charge in [0, 0.05) is 5.69 Å². The Bertz CT molecular complexity index is 684. The molecule has 5 heteroatoms. The molecular weight excluding hydrogens is 304 g/mol. The van der Waals surface area contributed by atoms with Crippen molar-refractivity contribution in [1.82, 2.24) is 5.32 Å². The number of ether oxygens (including phenoxy) is 1. The van der Waals surface area contributed by atoms with Crippen LogP contribution in [0.2, 0.25) is 0 Å². The van der Waals surface area contributed by atoms with Crippen molar-refractivity contribution in [2.45, 2.75) is 32.9 Å². The molecule has 5 nitrogen and oxygen atoms in total. The number of hydrogen-bond acceptors (Lipinski definition) is 3. The van der Waals surface area contributed by atoms with Gasteiger partial charge >= 0.3 is 6.03 Å². The molecule has 0 saturated heterocycles. The fourth-order valence-corrected chi connectivity index (χ4v) is 2.15.